The number of ether oxygens (including phenoxy) is 1. The van der Waals surface area contributed by atoms with Crippen LogP contribution in [0.1, 0.15) is 46.5 Å². The minimum Gasteiger partial charge on any atom is -0.448 e. The minimum absolute atomic E-state index is 0.290. The van der Waals surface area contributed by atoms with Crippen LogP contribution in [0.5, 0.6) is 0 Å². The van der Waals surface area contributed by atoms with E-state index in [1.165, 1.54) is 0 Å². The van der Waals surface area contributed by atoms with Crippen LogP contribution in [0, 0.1) is 0 Å². The molecule has 0 aromatic rings. The molecular formula is C11H24N2O2. The molecule has 4 heteroatoms. The molecule has 90 valence electrons. The maximum atomic E-state index is 11.2. The van der Waals surface area contributed by atoms with E-state index < -0.39 is 0 Å². The third-order valence-electron chi connectivity index (χ3n) is 2.70. The molecule has 0 saturated heterocycles. The number of nitrogens with one attached hydrogen (secondary N) is 1. The van der Waals surface area contributed by atoms with Gasteiger partial charge in [0.25, 0.3) is 0 Å². The van der Waals surface area contributed by atoms with Gasteiger partial charge in [0.15, 0.2) is 0 Å². The summed E-state index contributed by atoms with van der Waals surface area (Å²) in [4.78, 5) is 11.2. The standard InChI is InChI=1S/C11H24N2O2/c1-4-7-8-13-10(14)15-9-11(12,5-2)6-3/h4-9,12H2,1-3H3,(H,13,14). The Hall–Kier alpha value is -0.770. The number of carbonyl (C=O) groups is 1. The number of hydrogen-bond donors (Lipinski definition) is 2. The maximum absolute atomic E-state index is 11.2. The Morgan fingerprint density at radius 2 is 1.93 bits per heavy atom. The first-order chi connectivity index (χ1) is 7.08. The summed E-state index contributed by atoms with van der Waals surface area (Å²) < 4.78 is 5.06. The molecule has 0 aliphatic carbocycles. The van der Waals surface area contributed by atoms with Crippen molar-refractivity contribution in [2.24, 2.45) is 5.73 Å². The average molecular weight is 216 g/mol. The maximum Gasteiger partial charge on any atom is 0.407 e. The van der Waals surface area contributed by atoms with Gasteiger partial charge >= 0.3 is 6.09 Å². The van der Waals surface area contributed by atoms with Crippen molar-refractivity contribution >= 4 is 6.09 Å². The van der Waals surface area contributed by atoms with E-state index in [4.69, 9.17) is 10.5 Å². The second-order valence-corrected chi connectivity index (χ2v) is 3.93. The van der Waals surface area contributed by atoms with Crippen LogP contribution in [-0.4, -0.2) is 24.8 Å². The first-order valence-electron chi connectivity index (χ1n) is 5.77. The molecule has 15 heavy (non-hydrogen) atoms. The van der Waals surface area contributed by atoms with E-state index in [1.54, 1.807) is 0 Å². The Bertz CT molecular complexity index is 179. The lowest BCUT2D eigenvalue weighted by atomic mass is 9.96. The van der Waals surface area contributed by atoms with Gasteiger partial charge in [-0.3, -0.25) is 0 Å². The largest absolute Gasteiger partial charge is 0.448 e. The lowest BCUT2D eigenvalue weighted by Crippen LogP contribution is -2.45. The van der Waals surface area contributed by atoms with E-state index in [0.29, 0.717) is 6.54 Å². The molecule has 0 bridgehead atoms. The van der Waals surface area contributed by atoms with Gasteiger partial charge in [0.1, 0.15) is 6.61 Å². The van der Waals surface area contributed by atoms with Gasteiger partial charge in [-0.25, -0.2) is 4.79 Å². The van der Waals surface area contributed by atoms with Crippen LogP contribution >= 0.6 is 0 Å². The molecule has 0 aliphatic rings. The van der Waals surface area contributed by atoms with Crippen LogP contribution < -0.4 is 11.1 Å². The number of nitrogens with two attached hydrogens (primary N) is 1. The van der Waals surface area contributed by atoms with E-state index in [2.05, 4.69) is 12.2 Å². The van der Waals surface area contributed by atoms with Gasteiger partial charge in [-0.15, -0.1) is 0 Å². The first kappa shape index (κ1) is 14.2. The number of carbonyl (C=O) groups excluding carboxylic acids is 1. The van der Waals surface area contributed by atoms with Gasteiger partial charge in [-0.2, -0.15) is 0 Å². The molecule has 0 fully saturated rings. The zero-order valence-corrected chi connectivity index (χ0v) is 10.1. The Kier molecular flexibility index (Phi) is 7.13. The smallest absolute Gasteiger partial charge is 0.407 e. The number of rotatable bonds is 7. The molecule has 0 saturated carbocycles. The lowest BCUT2D eigenvalue weighted by Gasteiger charge is -2.25. The third-order valence-corrected chi connectivity index (χ3v) is 2.70. The normalized spacial score (nSPS) is 11.2. The van der Waals surface area contributed by atoms with Crippen LogP contribution in [-0.2, 0) is 4.74 Å². The summed E-state index contributed by atoms with van der Waals surface area (Å²) in [5.41, 5.74) is 5.62. The number of alkyl carbamates (subject to hydrolysis) is 1. The van der Waals surface area contributed by atoms with Crippen LogP contribution in [0.4, 0.5) is 4.79 Å². The van der Waals surface area contributed by atoms with E-state index in [9.17, 15) is 4.79 Å². The van der Waals surface area contributed by atoms with E-state index in [0.717, 1.165) is 25.7 Å². The van der Waals surface area contributed by atoms with Crippen molar-refractivity contribution < 1.29 is 9.53 Å². The third kappa shape index (κ3) is 6.33. The molecule has 3 N–H and O–H groups in total. The summed E-state index contributed by atoms with van der Waals surface area (Å²) in [5.74, 6) is 0. The van der Waals surface area contributed by atoms with Crippen molar-refractivity contribution in [2.45, 2.75) is 52.0 Å². The number of amides is 1. The monoisotopic (exact) mass is 216 g/mol. The Labute approximate surface area is 92.6 Å². The second-order valence-electron chi connectivity index (χ2n) is 3.93. The molecule has 0 radical (unpaired) electrons. The van der Waals surface area contributed by atoms with Crippen molar-refractivity contribution in [1.29, 1.82) is 0 Å². The van der Waals surface area contributed by atoms with Crippen molar-refractivity contribution in [3.8, 4) is 0 Å². The number of hydrogen-bond acceptors (Lipinski definition) is 3. The fourth-order valence-corrected chi connectivity index (χ4v) is 1.08. The molecule has 0 unspecified atom stereocenters. The highest BCUT2D eigenvalue weighted by Gasteiger charge is 2.22. The highest BCUT2D eigenvalue weighted by Crippen LogP contribution is 2.11. The Balaban J connectivity index is 3.69. The van der Waals surface area contributed by atoms with Crippen molar-refractivity contribution in [2.75, 3.05) is 13.2 Å². The molecule has 0 aliphatic heterocycles. The fraction of sp³-hybridized carbons (Fsp3) is 0.909. The lowest BCUT2D eigenvalue weighted by molar-refractivity contribution is 0.113. The van der Waals surface area contributed by atoms with Crippen LogP contribution in [0.2, 0.25) is 0 Å². The zero-order chi connectivity index (χ0) is 11.7. The topological polar surface area (TPSA) is 64.3 Å². The molecule has 4 nitrogen and oxygen atoms in total. The summed E-state index contributed by atoms with van der Waals surface area (Å²) in [6.07, 6.45) is 3.30. The highest BCUT2D eigenvalue weighted by molar-refractivity contribution is 5.67. The van der Waals surface area contributed by atoms with Crippen molar-refractivity contribution in [3.63, 3.8) is 0 Å². The van der Waals surface area contributed by atoms with Crippen LogP contribution in [0.15, 0.2) is 0 Å². The molecule has 0 aromatic heterocycles. The molecule has 0 rings (SSSR count). The SMILES string of the molecule is CCCCNC(=O)OCC(N)(CC)CC. The van der Waals surface area contributed by atoms with Gasteiger partial charge in [0, 0.05) is 12.1 Å². The number of unbranched alkanes of at least 4 members (excludes halogenated alkanes) is 1. The molecule has 0 atom stereocenters. The van der Waals surface area contributed by atoms with E-state index >= 15 is 0 Å². The van der Waals surface area contributed by atoms with Gasteiger partial charge in [0.2, 0.25) is 0 Å². The summed E-state index contributed by atoms with van der Waals surface area (Å²) >= 11 is 0. The minimum atomic E-state index is -0.373. The molecule has 0 spiro atoms. The van der Waals surface area contributed by atoms with Gasteiger partial charge in [-0.1, -0.05) is 27.2 Å². The van der Waals surface area contributed by atoms with Crippen LogP contribution in [0.25, 0.3) is 0 Å². The van der Waals surface area contributed by atoms with Gasteiger partial charge < -0.3 is 15.8 Å². The van der Waals surface area contributed by atoms with Crippen LogP contribution in [0.3, 0.4) is 0 Å². The first-order valence-corrected chi connectivity index (χ1v) is 5.77. The quantitative estimate of drug-likeness (QED) is 0.640. The molecule has 0 heterocycles. The molecular weight excluding hydrogens is 192 g/mol. The van der Waals surface area contributed by atoms with E-state index in [1.807, 2.05) is 13.8 Å². The highest BCUT2D eigenvalue weighted by atomic mass is 16.5. The fourth-order valence-electron chi connectivity index (χ4n) is 1.08. The van der Waals surface area contributed by atoms with Gasteiger partial charge in [-0.05, 0) is 19.3 Å². The average Bonchev–Trinajstić information content (AvgIpc) is 2.26. The van der Waals surface area contributed by atoms with E-state index in [-0.39, 0.29) is 18.2 Å². The Morgan fingerprint density at radius 3 is 2.40 bits per heavy atom. The van der Waals surface area contributed by atoms with Crippen molar-refractivity contribution in [1.82, 2.24) is 5.32 Å². The summed E-state index contributed by atoms with van der Waals surface area (Å²) in [6.45, 7) is 7.04. The summed E-state index contributed by atoms with van der Waals surface area (Å²) in [6, 6.07) is 0. The second kappa shape index (κ2) is 7.51. The zero-order valence-electron chi connectivity index (χ0n) is 10.1. The molecule has 0 aromatic carbocycles. The van der Waals surface area contributed by atoms with Gasteiger partial charge in [0.05, 0.1) is 0 Å². The summed E-state index contributed by atoms with van der Waals surface area (Å²) in [5, 5.41) is 2.69. The predicted octanol–water partition coefficient (Wildman–Crippen LogP) is 2.03. The van der Waals surface area contributed by atoms with Crippen molar-refractivity contribution in [3.05, 3.63) is 0 Å². The molecule has 1 amide bonds. The summed E-state index contributed by atoms with van der Waals surface area (Å²) in [7, 11) is 0. The predicted molar refractivity (Wildman–Crippen MR) is 61.8 cm³/mol. The Morgan fingerprint density at radius 1 is 1.33 bits per heavy atom.